The summed E-state index contributed by atoms with van der Waals surface area (Å²) in [6.07, 6.45) is -2.09. The smallest absolute Gasteiger partial charge is 0.354 e. The number of carbonyl (C=O) groups excluding carboxylic acids is 2. The number of hydrogen-bond acceptors (Lipinski definition) is 7. The molecule has 1 aliphatic heterocycles. The van der Waals surface area contributed by atoms with Crippen molar-refractivity contribution in [2.75, 3.05) is 12.4 Å². The van der Waals surface area contributed by atoms with Gasteiger partial charge in [-0.05, 0) is 45.4 Å². The third-order valence-electron chi connectivity index (χ3n) is 6.14. The summed E-state index contributed by atoms with van der Waals surface area (Å²) < 4.78 is 41.3. The van der Waals surface area contributed by atoms with Gasteiger partial charge in [0.15, 0.2) is 5.82 Å². The minimum Gasteiger partial charge on any atom is -0.354 e. The number of benzene rings is 1. The summed E-state index contributed by atoms with van der Waals surface area (Å²) in [5, 5.41) is 5.03. The molecule has 0 bridgehead atoms. The number of nitrogens with zero attached hydrogens (tertiary/aromatic N) is 5. The molecule has 1 aliphatic rings. The number of amides is 2. The van der Waals surface area contributed by atoms with Crippen molar-refractivity contribution in [1.29, 1.82) is 0 Å². The zero-order valence-electron chi connectivity index (χ0n) is 21.4. The van der Waals surface area contributed by atoms with Gasteiger partial charge in [-0.2, -0.15) is 13.2 Å². The van der Waals surface area contributed by atoms with E-state index < -0.39 is 40.2 Å². The molecular weight excluding hydrogens is 539 g/mol. The zero-order valence-corrected chi connectivity index (χ0v) is 22.2. The number of alkyl halides is 3. The highest BCUT2D eigenvalue weighted by Gasteiger charge is 2.36. The fourth-order valence-corrected chi connectivity index (χ4v) is 4.45. The van der Waals surface area contributed by atoms with Crippen LogP contribution in [0.2, 0.25) is 5.02 Å². The van der Waals surface area contributed by atoms with E-state index in [1.54, 1.807) is 6.92 Å². The molecule has 2 aromatic heterocycles. The summed E-state index contributed by atoms with van der Waals surface area (Å²) in [5.41, 5.74) is -1.00. The molecule has 0 unspecified atom stereocenters. The second kappa shape index (κ2) is 10.6. The zero-order chi connectivity index (χ0) is 28.6. The predicted octanol–water partition coefficient (Wildman–Crippen LogP) is 3.46. The molecule has 0 fully saturated rings. The normalized spacial score (nSPS) is 15.2. The molecule has 0 saturated heterocycles. The molecule has 3 heterocycles. The van der Waals surface area contributed by atoms with E-state index in [4.69, 9.17) is 11.6 Å². The van der Waals surface area contributed by atoms with E-state index in [2.05, 4.69) is 25.6 Å². The number of rotatable bonds is 5. The molecule has 0 aliphatic carbocycles. The number of aromatic nitrogens is 4. The molecule has 1 atom stereocenters. The van der Waals surface area contributed by atoms with E-state index in [1.807, 2.05) is 13.8 Å². The summed E-state index contributed by atoms with van der Waals surface area (Å²) >= 11 is 5.71. The van der Waals surface area contributed by atoms with E-state index in [9.17, 15) is 27.6 Å². The van der Waals surface area contributed by atoms with E-state index in [0.717, 1.165) is 12.1 Å². The van der Waals surface area contributed by atoms with E-state index in [0.29, 0.717) is 11.3 Å². The van der Waals surface area contributed by atoms with Crippen molar-refractivity contribution in [2.24, 2.45) is 0 Å². The molecule has 39 heavy (non-hydrogen) atoms. The van der Waals surface area contributed by atoms with Crippen LogP contribution in [0, 0.1) is 0 Å². The molecule has 14 heteroatoms. The predicted molar refractivity (Wildman–Crippen MR) is 137 cm³/mol. The molecule has 10 nitrogen and oxygen atoms in total. The minimum atomic E-state index is -4.72. The van der Waals surface area contributed by atoms with Crippen molar-refractivity contribution in [1.82, 2.24) is 29.7 Å². The van der Waals surface area contributed by atoms with Gasteiger partial charge in [0.2, 0.25) is 5.95 Å². The van der Waals surface area contributed by atoms with Gasteiger partial charge in [0.25, 0.3) is 17.4 Å². The quantitative estimate of drug-likeness (QED) is 0.487. The van der Waals surface area contributed by atoms with Crippen LogP contribution in [0.25, 0.3) is 5.82 Å². The fourth-order valence-electron chi connectivity index (χ4n) is 4.22. The number of fused-ring (bicyclic) bond motifs is 1. The van der Waals surface area contributed by atoms with Crippen LogP contribution in [0.4, 0.5) is 19.1 Å². The number of anilines is 1. The third kappa shape index (κ3) is 5.58. The summed E-state index contributed by atoms with van der Waals surface area (Å²) in [6, 6.07) is 2.34. The molecule has 0 radical (unpaired) electrons. The lowest BCUT2D eigenvalue weighted by Gasteiger charge is -2.34. The number of halogens is 4. The van der Waals surface area contributed by atoms with Crippen LogP contribution in [0.3, 0.4) is 0 Å². The van der Waals surface area contributed by atoms with Gasteiger partial charge in [0.05, 0.1) is 35.2 Å². The van der Waals surface area contributed by atoms with E-state index in [1.165, 1.54) is 35.0 Å². The Morgan fingerprint density at radius 2 is 1.90 bits per heavy atom. The van der Waals surface area contributed by atoms with Crippen LogP contribution in [0.1, 0.15) is 58.4 Å². The average Bonchev–Trinajstić information content (AvgIpc) is 2.87. The summed E-state index contributed by atoms with van der Waals surface area (Å²) in [7, 11) is 1.46. The van der Waals surface area contributed by atoms with Crippen molar-refractivity contribution in [3.05, 3.63) is 74.0 Å². The van der Waals surface area contributed by atoms with Gasteiger partial charge in [-0.25, -0.2) is 19.5 Å². The second-order valence-electron chi connectivity index (χ2n) is 9.32. The number of hydrogen-bond donors (Lipinski definition) is 2. The molecular formula is C25H25ClF3N7O3. The van der Waals surface area contributed by atoms with Gasteiger partial charge in [-0.15, -0.1) is 0 Å². The van der Waals surface area contributed by atoms with Gasteiger partial charge in [-0.1, -0.05) is 11.6 Å². The highest BCUT2D eigenvalue weighted by atomic mass is 35.5. The largest absolute Gasteiger partial charge is 0.417 e. The third-order valence-corrected chi connectivity index (χ3v) is 6.47. The van der Waals surface area contributed by atoms with Gasteiger partial charge in [-0.3, -0.25) is 14.4 Å². The Balaban J connectivity index is 1.75. The van der Waals surface area contributed by atoms with E-state index >= 15 is 0 Å². The van der Waals surface area contributed by atoms with Crippen molar-refractivity contribution in [3.8, 4) is 5.82 Å². The second-order valence-corrected chi connectivity index (χ2v) is 9.73. The molecule has 2 N–H and O–H groups in total. The highest BCUT2D eigenvalue weighted by molar-refractivity contribution is 6.31. The summed E-state index contributed by atoms with van der Waals surface area (Å²) in [6.45, 7) is 5.28. The van der Waals surface area contributed by atoms with Crippen molar-refractivity contribution >= 4 is 29.4 Å². The lowest BCUT2D eigenvalue weighted by Crippen LogP contribution is -2.46. The first-order chi connectivity index (χ1) is 18.3. The van der Waals surface area contributed by atoms with Gasteiger partial charge >= 0.3 is 6.18 Å². The van der Waals surface area contributed by atoms with Crippen LogP contribution in [0.15, 0.2) is 35.4 Å². The first kappa shape index (κ1) is 28.0. The van der Waals surface area contributed by atoms with Gasteiger partial charge < -0.3 is 15.5 Å². The first-order valence-electron chi connectivity index (χ1n) is 11.9. The fraction of sp³-hybridized carbons (Fsp3) is 0.360. The SMILES string of the molecule is CNC(=O)c1cnc(-n2c(NC(C)C)nc3c(c2=O)C[C@@H](C)N(C(=O)c2ccc(Cl)c(C(F)(F)F)c2)C3)cn1. The first-order valence-corrected chi connectivity index (χ1v) is 12.3. The summed E-state index contributed by atoms with van der Waals surface area (Å²) in [5.74, 6) is -0.802. The number of carbonyl (C=O) groups is 2. The molecule has 0 spiro atoms. The van der Waals surface area contributed by atoms with Crippen LogP contribution in [-0.2, 0) is 19.1 Å². The Labute approximate surface area is 226 Å². The van der Waals surface area contributed by atoms with Gasteiger partial charge in [0.1, 0.15) is 5.69 Å². The molecule has 1 aromatic carbocycles. The standard InChI is InChI=1S/C25H25ClF3N7O3/c1-12(2)33-24-34-19-11-35(22(38)14-5-6-17(26)16(8-14)25(27,28)29)13(3)7-15(19)23(39)36(24)20-10-31-18(9-32-20)21(37)30-4/h5-6,8-10,12-13H,7,11H2,1-4H3,(H,30,37)(H,33,34)/t13-/m1/s1. The maximum Gasteiger partial charge on any atom is 0.417 e. The Morgan fingerprint density at radius 3 is 2.49 bits per heavy atom. The molecule has 206 valence electrons. The maximum atomic E-state index is 13.7. The molecule has 2 amide bonds. The van der Waals surface area contributed by atoms with Crippen molar-refractivity contribution in [2.45, 2.75) is 52.0 Å². The maximum absolute atomic E-state index is 13.7. The topological polar surface area (TPSA) is 122 Å². The lowest BCUT2D eigenvalue weighted by atomic mass is 9.98. The van der Waals surface area contributed by atoms with E-state index in [-0.39, 0.29) is 42.0 Å². The average molecular weight is 564 g/mol. The Morgan fingerprint density at radius 1 is 1.18 bits per heavy atom. The summed E-state index contributed by atoms with van der Waals surface area (Å²) in [4.78, 5) is 53.1. The van der Waals surface area contributed by atoms with Crippen LogP contribution < -0.4 is 16.2 Å². The minimum absolute atomic E-state index is 0.0669. The Hall–Kier alpha value is -4.00. The van der Waals surface area contributed by atoms with Crippen molar-refractivity contribution in [3.63, 3.8) is 0 Å². The van der Waals surface area contributed by atoms with Crippen LogP contribution >= 0.6 is 11.6 Å². The highest BCUT2D eigenvalue weighted by Crippen LogP contribution is 2.35. The van der Waals surface area contributed by atoms with Crippen LogP contribution in [-0.4, -0.2) is 55.4 Å². The van der Waals surface area contributed by atoms with Crippen LogP contribution in [0.5, 0.6) is 0 Å². The Bertz CT molecular complexity index is 1490. The molecule has 0 saturated carbocycles. The molecule has 3 aromatic rings. The monoisotopic (exact) mass is 563 g/mol. The Kier molecular flexibility index (Phi) is 7.64. The number of nitrogens with one attached hydrogen (secondary N) is 2. The van der Waals surface area contributed by atoms with Crippen molar-refractivity contribution < 1.29 is 22.8 Å². The van der Waals surface area contributed by atoms with Gasteiger partial charge in [0, 0.05) is 30.3 Å². The molecule has 4 rings (SSSR count). The lowest BCUT2D eigenvalue weighted by molar-refractivity contribution is -0.137.